The van der Waals surface area contributed by atoms with Gasteiger partial charge < -0.3 is 15.8 Å². The first-order valence-electron chi connectivity index (χ1n) is 4.80. The normalized spacial score (nSPS) is 11.5. The third-order valence-corrected chi connectivity index (χ3v) is 2.09. The minimum absolute atomic E-state index is 0.180. The van der Waals surface area contributed by atoms with E-state index in [1.165, 1.54) is 6.33 Å². The molecule has 0 aliphatic heterocycles. The van der Waals surface area contributed by atoms with Gasteiger partial charge in [-0.2, -0.15) is 0 Å². The van der Waals surface area contributed by atoms with Gasteiger partial charge in [0, 0.05) is 12.7 Å². The molecule has 0 fully saturated rings. The Morgan fingerprint density at radius 3 is 2.73 bits per heavy atom. The number of hydrogen-bond donors (Lipinski definition) is 2. The highest BCUT2D eigenvalue weighted by Crippen LogP contribution is 2.19. The number of anilines is 2. The van der Waals surface area contributed by atoms with E-state index < -0.39 is 0 Å². The summed E-state index contributed by atoms with van der Waals surface area (Å²) in [7, 11) is 1.67. The summed E-state index contributed by atoms with van der Waals surface area (Å²) in [5, 5.41) is 3.27. The van der Waals surface area contributed by atoms with Gasteiger partial charge in [0.15, 0.2) is 0 Å². The quantitative estimate of drug-likeness (QED) is 0.781. The van der Waals surface area contributed by atoms with Gasteiger partial charge in [0.2, 0.25) is 0 Å². The van der Waals surface area contributed by atoms with Crippen LogP contribution in [-0.2, 0) is 4.74 Å². The Morgan fingerprint density at radius 2 is 2.13 bits per heavy atom. The Morgan fingerprint density at radius 1 is 1.47 bits per heavy atom. The van der Waals surface area contributed by atoms with Crippen molar-refractivity contribution in [1.82, 2.24) is 9.97 Å². The number of ether oxygens (including phenoxy) is 1. The molecule has 1 aromatic heterocycles. The molecule has 5 nitrogen and oxygen atoms in total. The van der Waals surface area contributed by atoms with Gasteiger partial charge in [-0.25, -0.2) is 9.97 Å². The third-order valence-electron chi connectivity index (χ3n) is 2.09. The van der Waals surface area contributed by atoms with Crippen molar-refractivity contribution >= 4 is 11.6 Å². The molecule has 0 aliphatic rings. The van der Waals surface area contributed by atoms with Crippen molar-refractivity contribution in [2.75, 3.05) is 24.8 Å². The van der Waals surface area contributed by atoms with Gasteiger partial charge in [0.25, 0.3) is 0 Å². The minimum Gasteiger partial charge on any atom is -0.383 e. The molecule has 1 rings (SSSR count). The summed E-state index contributed by atoms with van der Waals surface area (Å²) in [5.41, 5.74) is 6.37. The van der Waals surface area contributed by atoms with Crippen LogP contribution >= 0.6 is 0 Å². The van der Waals surface area contributed by atoms with Crippen LogP contribution in [0, 0.1) is 6.92 Å². The lowest BCUT2D eigenvalue weighted by Crippen LogP contribution is -2.36. The van der Waals surface area contributed by atoms with Crippen LogP contribution in [0.2, 0.25) is 0 Å². The molecule has 1 heterocycles. The number of hydrogen-bond acceptors (Lipinski definition) is 5. The Labute approximate surface area is 90.1 Å². The summed E-state index contributed by atoms with van der Waals surface area (Å²) in [5.74, 6) is 1.25. The van der Waals surface area contributed by atoms with Crippen LogP contribution in [0.5, 0.6) is 0 Å². The van der Waals surface area contributed by atoms with Gasteiger partial charge in [0.05, 0.1) is 12.1 Å². The first-order chi connectivity index (χ1) is 6.96. The number of methoxy groups -OCH3 is 1. The van der Waals surface area contributed by atoms with Crippen LogP contribution in [0.1, 0.15) is 19.4 Å². The van der Waals surface area contributed by atoms with Gasteiger partial charge in [-0.1, -0.05) is 0 Å². The van der Waals surface area contributed by atoms with E-state index >= 15 is 0 Å². The molecule has 84 valence electrons. The fourth-order valence-electron chi connectivity index (χ4n) is 1.31. The smallest absolute Gasteiger partial charge is 0.134 e. The topological polar surface area (TPSA) is 73.1 Å². The summed E-state index contributed by atoms with van der Waals surface area (Å²) in [6.45, 7) is 6.55. The molecule has 0 saturated carbocycles. The molecular formula is C10H18N4O. The molecule has 0 radical (unpaired) electrons. The van der Waals surface area contributed by atoms with Crippen molar-refractivity contribution in [2.24, 2.45) is 0 Å². The average Bonchev–Trinajstić information content (AvgIpc) is 2.12. The average molecular weight is 210 g/mol. The largest absolute Gasteiger partial charge is 0.383 e. The van der Waals surface area contributed by atoms with Gasteiger partial charge >= 0.3 is 0 Å². The van der Waals surface area contributed by atoms with E-state index in [4.69, 9.17) is 10.5 Å². The Kier molecular flexibility index (Phi) is 3.47. The highest BCUT2D eigenvalue weighted by Gasteiger charge is 2.19. The Hall–Kier alpha value is -1.36. The Balaban J connectivity index is 2.85. The van der Waals surface area contributed by atoms with Gasteiger partial charge in [-0.15, -0.1) is 0 Å². The van der Waals surface area contributed by atoms with Gasteiger partial charge in [-0.3, -0.25) is 0 Å². The molecule has 15 heavy (non-hydrogen) atoms. The molecule has 0 bridgehead atoms. The van der Waals surface area contributed by atoms with Gasteiger partial charge in [-0.05, 0) is 20.8 Å². The summed E-state index contributed by atoms with van der Waals surface area (Å²) < 4.78 is 5.11. The number of nitrogens with one attached hydrogen (secondary N) is 1. The fraction of sp³-hybridized carbons (Fsp3) is 0.600. The molecule has 0 saturated heterocycles. The second-order valence-electron chi connectivity index (χ2n) is 4.17. The van der Waals surface area contributed by atoms with Crippen molar-refractivity contribution in [2.45, 2.75) is 26.3 Å². The minimum atomic E-state index is -0.180. The van der Waals surface area contributed by atoms with E-state index in [2.05, 4.69) is 15.3 Å². The summed E-state index contributed by atoms with van der Waals surface area (Å²) >= 11 is 0. The fourth-order valence-corrected chi connectivity index (χ4v) is 1.31. The third kappa shape index (κ3) is 3.06. The van der Waals surface area contributed by atoms with Crippen molar-refractivity contribution in [3.63, 3.8) is 0 Å². The highest BCUT2D eigenvalue weighted by molar-refractivity contribution is 5.54. The number of rotatable bonds is 4. The molecule has 0 spiro atoms. The standard InChI is InChI=1S/C10H18N4O/c1-7-8(11)12-6-13-9(7)14-10(2,3)5-15-4/h6H,5H2,1-4H3,(H3,11,12,13,14). The van der Waals surface area contributed by atoms with Crippen LogP contribution in [0.25, 0.3) is 0 Å². The first-order valence-corrected chi connectivity index (χ1v) is 4.80. The monoisotopic (exact) mass is 210 g/mol. The zero-order chi connectivity index (χ0) is 11.5. The molecule has 0 aromatic carbocycles. The molecule has 0 atom stereocenters. The zero-order valence-electron chi connectivity index (χ0n) is 9.66. The lowest BCUT2D eigenvalue weighted by molar-refractivity contribution is 0.158. The molecule has 3 N–H and O–H groups in total. The van der Waals surface area contributed by atoms with E-state index in [9.17, 15) is 0 Å². The molecule has 5 heteroatoms. The van der Waals surface area contributed by atoms with Crippen molar-refractivity contribution in [3.05, 3.63) is 11.9 Å². The van der Waals surface area contributed by atoms with E-state index in [1.807, 2.05) is 20.8 Å². The lowest BCUT2D eigenvalue weighted by Gasteiger charge is -2.26. The summed E-state index contributed by atoms with van der Waals surface area (Å²) in [6.07, 6.45) is 1.45. The maximum Gasteiger partial charge on any atom is 0.134 e. The van der Waals surface area contributed by atoms with E-state index in [0.717, 1.165) is 11.4 Å². The van der Waals surface area contributed by atoms with Gasteiger partial charge in [0.1, 0.15) is 18.0 Å². The van der Waals surface area contributed by atoms with E-state index in [0.29, 0.717) is 12.4 Å². The molecule has 0 aliphatic carbocycles. The number of nitrogen functional groups attached to an aromatic ring is 1. The number of nitrogens with two attached hydrogens (primary N) is 1. The lowest BCUT2D eigenvalue weighted by atomic mass is 10.1. The predicted octanol–water partition coefficient (Wildman–Crippen LogP) is 1.20. The maximum absolute atomic E-state index is 5.69. The van der Waals surface area contributed by atoms with E-state index in [-0.39, 0.29) is 5.54 Å². The second kappa shape index (κ2) is 4.44. The van der Waals surface area contributed by atoms with Crippen molar-refractivity contribution in [3.8, 4) is 0 Å². The SMILES string of the molecule is COCC(C)(C)Nc1ncnc(N)c1C. The van der Waals surface area contributed by atoms with Crippen molar-refractivity contribution < 1.29 is 4.74 Å². The Bertz CT molecular complexity index is 338. The van der Waals surface area contributed by atoms with Crippen molar-refractivity contribution in [1.29, 1.82) is 0 Å². The molecule has 1 aromatic rings. The zero-order valence-corrected chi connectivity index (χ0v) is 9.66. The summed E-state index contributed by atoms with van der Waals surface area (Å²) in [4.78, 5) is 8.06. The second-order valence-corrected chi connectivity index (χ2v) is 4.17. The molecule has 0 unspecified atom stereocenters. The van der Waals surface area contributed by atoms with Crippen LogP contribution < -0.4 is 11.1 Å². The van der Waals surface area contributed by atoms with Crippen LogP contribution in [0.15, 0.2) is 6.33 Å². The van der Waals surface area contributed by atoms with Crippen LogP contribution in [0.3, 0.4) is 0 Å². The van der Waals surface area contributed by atoms with E-state index in [1.54, 1.807) is 7.11 Å². The number of nitrogens with zero attached hydrogens (tertiary/aromatic N) is 2. The van der Waals surface area contributed by atoms with Crippen LogP contribution in [-0.4, -0.2) is 29.2 Å². The highest BCUT2D eigenvalue weighted by atomic mass is 16.5. The van der Waals surface area contributed by atoms with Crippen LogP contribution in [0.4, 0.5) is 11.6 Å². The molecular weight excluding hydrogens is 192 g/mol. The summed E-state index contributed by atoms with van der Waals surface area (Å²) in [6, 6.07) is 0. The predicted molar refractivity (Wildman–Crippen MR) is 60.8 cm³/mol. The molecule has 0 amide bonds. The number of aromatic nitrogens is 2. The maximum atomic E-state index is 5.69. The first kappa shape index (κ1) is 11.7.